The van der Waals surface area contributed by atoms with Gasteiger partial charge in [0, 0.05) is 6.92 Å². The van der Waals surface area contributed by atoms with Gasteiger partial charge in [-0.05, 0) is 31.2 Å². The van der Waals surface area contributed by atoms with Crippen LogP contribution in [0.1, 0.15) is 13.8 Å². The third kappa shape index (κ3) is 2.57. The molecule has 2 heterocycles. The van der Waals surface area contributed by atoms with Gasteiger partial charge in [-0.3, -0.25) is 14.4 Å². The number of halogens is 1. The molecule has 8 nitrogen and oxygen atoms in total. The highest BCUT2D eigenvalue weighted by Crippen LogP contribution is 2.35. The Balaban J connectivity index is 2.03. The molecule has 0 saturated carbocycles. The second-order valence-corrected chi connectivity index (χ2v) is 5.48. The maximum Gasteiger partial charge on any atom is 0.355 e. The van der Waals surface area contributed by atoms with Gasteiger partial charge in [0.25, 0.3) is 5.91 Å². The van der Waals surface area contributed by atoms with E-state index >= 15 is 0 Å². The zero-order chi connectivity index (χ0) is 18.3. The number of imide groups is 1. The minimum Gasteiger partial charge on any atom is -0.461 e. The van der Waals surface area contributed by atoms with Crippen LogP contribution in [-0.2, 0) is 23.9 Å². The van der Waals surface area contributed by atoms with Crippen LogP contribution in [0.25, 0.3) is 0 Å². The zero-order valence-electron chi connectivity index (χ0n) is 13.4. The number of amides is 3. The van der Waals surface area contributed by atoms with E-state index in [1.807, 2.05) is 0 Å². The Kier molecular flexibility index (Phi) is 4.07. The molecular weight excluding hydrogens is 333 g/mol. The fourth-order valence-corrected chi connectivity index (χ4v) is 2.89. The first-order valence-corrected chi connectivity index (χ1v) is 7.55. The lowest BCUT2D eigenvalue weighted by molar-refractivity contribution is -0.136. The zero-order valence-corrected chi connectivity index (χ0v) is 13.4. The van der Waals surface area contributed by atoms with Crippen LogP contribution in [0.5, 0.6) is 0 Å². The van der Waals surface area contributed by atoms with Gasteiger partial charge in [-0.25, -0.2) is 19.1 Å². The van der Waals surface area contributed by atoms with E-state index < -0.39 is 41.5 Å². The van der Waals surface area contributed by atoms with E-state index in [1.54, 1.807) is 6.92 Å². The van der Waals surface area contributed by atoms with E-state index in [2.05, 4.69) is 5.10 Å². The molecule has 2 aliphatic rings. The lowest BCUT2D eigenvalue weighted by Crippen LogP contribution is -2.41. The van der Waals surface area contributed by atoms with E-state index in [0.29, 0.717) is 0 Å². The van der Waals surface area contributed by atoms with Gasteiger partial charge < -0.3 is 4.74 Å². The number of esters is 1. The number of ether oxygens (including phenoxy) is 1. The number of hydrazone groups is 1. The van der Waals surface area contributed by atoms with Gasteiger partial charge >= 0.3 is 5.97 Å². The smallest absolute Gasteiger partial charge is 0.355 e. The van der Waals surface area contributed by atoms with Crippen LogP contribution in [0.4, 0.5) is 10.1 Å². The second-order valence-electron chi connectivity index (χ2n) is 5.48. The van der Waals surface area contributed by atoms with Gasteiger partial charge in [0.15, 0.2) is 11.8 Å². The minimum atomic E-state index is -1.24. The Morgan fingerprint density at radius 3 is 2.40 bits per heavy atom. The number of rotatable bonds is 3. The highest BCUT2D eigenvalue weighted by Gasteiger charge is 2.59. The Bertz CT molecular complexity index is 804. The highest BCUT2D eigenvalue weighted by atomic mass is 19.1. The lowest BCUT2D eigenvalue weighted by atomic mass is 9.98. The molecule has 0 N–H and O–H groups in total. The summed E-state index contributed by atoms with van der Waals surface area (Å²) in [5.41, 5.74) is -0.137. The average molecular weight is 347 g/mol. The normalized spacial score (nSPS) is 22.1. The number of fused-ring (bicyclic) bond motifs is 1. The molecule has 2 atom stereocenters. The van der Waals surface area contributed by atoms with Crippen molar-refractivity contribution < 1.29 is 28.3 Å². The van der Waals surface area contributed by atoms with Crippen molar-refractivity contribution in [1.29, 1.82) is 0 Å². The third-order valence-corrected chi connectivity index (χ3v) is 3.94. The second kappa shape index (κ2) is 6.08. The van der Waals surface area contributed by atoms with Crippen LogP contribution < -0.4 is 4.90 Å². The number of carbonyl (C=O) groups excluding carboxylic acids is 4. The predicted molar refractivity (Wildman–Crippen MR) is 82.8 cm³/mol. The number of benzene rings is 1. The Morgan fingerprint density at radius 1 is 1.20 bits per heavy atom. The van der Waals surface area contributed by atoms with Crippen molar-refractivity contribution in [2.24, 2.45) is 11.0 Å². The first-order valence-electron chi connectivity index (χ1n) is 7.55. The molecule has 3 amide bonds. The molecule has 0 unspecified atom stereocenters. The minimum absolute atomic E-state index is 0.0547. The largest absolute Gasteiger partial charge is 0.461 e. The van der Waals surface area contributed by atoms with E-state index in [9.17, 15) is 23.6 Å². The monoisotopic (exact) mass is 347 g/mol. The standard InChI is InChI=1S/C16H14FN3O5/c1-3-25-16(24)12-11-13(20(18-12)8(2)21)15(23)19(14(11)22)10-6-4-9(17)5-7-10/h4-7,11,13H,3H2,1-2H3/t11-,13-/m0/s1. The third-order valence-electron chi connectivity index (χ3n) is 3.94. The Morgan fingerprint density at radius 2 is 1.84 bits per heavy atom. The molecule has 1 saturated heterocycles. The number of anilines is 1. The van der Waals surface area contributed by atoms with Crippen molar-refractivity contribution >= 4 is 35.1 Å². The molecule has 0 radical (unpaired) electrons. The summed E-state index contributed by atoms with van der Waals surface area (Å²) < 4.78 is 18.0. The summed E-state index contributed by atoms with van der Waals surface area (Å²) >= 11 is 0. The fourth-order valence-electron chi connectivity index (χ4n) is 2.89. The van der Waals surface area contributed by atoms with Crippen molar-refractivity contribution in [3.8, 4) is 0 Å². The summed E-state index contributed by atoms with van der Waals surface area (Å²) in [6.07, 6.45) is 0. The molecule has 0 spiro atoms. The van der Waals surface area contributed by atoms with E-state index in [0.717, 1.165) is 22.0 Å². The van der Waals surface area contributed by atoms with Gasteiger partial charge in [-0.15, -0.1) is 0 Å². The molecule has 1 aromatic carbocycles. The van der Waals surface area contributed by atoms with Crippen LogP contribution >= 0.6 is 0 Å². The molecule has 0 aromatic heterocycles. The van der Waals surface area contributed by atoms with Crippen molar-refractivity contribution in [3.05, 3.63) is 30.1 Å². The summed E-state index contributed by atoms with van der Waals surface area (Å²) in [5.74, 6) is -4.63. The average Bonchev–Trinajstić information content (AvgIpc) is 3.07. The molecule has 0 aliphatic carbocycles. The van der Waals surface area contributed by atoms with E-state index in [4.69, 9.17) is 4.74 Å². The van der Waals surface area contributed by atoms with Crippen LogP contribution in [0.3, 0.4) is 0 Å². The molecule has 9 heteroatoms. The molecule has 0 bridgehead atoms. The lowest BCUT2D eigenvalue weighted by Gasteiger charge is -2.19. The van der Waals surface area contributed by atoms with E-state index in [-0.39, 0.29) is 18.0 Å². The van der Waals surface area contributed by atoms with Crippen LogP contribution in [0, 0.1) is 11.7 Å². The maximum absolute atomic E-state index is 13.1. The number of hydrogen-bond donors (Lipinski definition) is 0. The molecule has 130 valence electrons. The quantitative estimate of drug-likeness (QED) is 0.585. The van der Waals surface area contributed by atoms with Crippen LogP contribution in [0.15, 0.2) is 29.4 Å². The summed E-state index contributed by atoms with van der Waals surface area (Å²) in [7, 11) is 0. The van der Waals surface area contributed by atoms with Gasteiger partial charge in [-0.2, -0.15) is 5.10 Å². The van der Waals surface area contributed by atoms with Crippen molar-refractivity contribution in [2.45, 2.75) is 19.9 Å². The SMILES string of the molecule is CCOC(=O)C1=NN(C(C)=O)[C@@H]2C(=O)N(c3ccc(F)cc3)C(=O)[C@@H]12. The van der Waals surface area contributed by atoms with Gasteiger partial charge in [0.05, 0.1) is 12.3 Å². The molecule has 1 fully saturated rings. The van der Waals surface area contributed by atoms with Crippen molar-refractivity contribution in [1.82, 2.24) is 5.01 Å². The first-order chi connectivity index (χ1) is 11.9. The maximum atomic E-state index is 13.1. The summed E-state index contributed by atoms with van der Waals surface area (Å²) in [6.45, 7) is 2.81. The van der Waals surface area contributed by atoms with Gasteiger partial charge in [0.2, 0.25) is 11.8 Å². The van der Waals surface area contributed by atoms with Crippen molar-refractivity contribution in [2.75, 3.05) is 11.5 Å². The predicted octanol–water partition coefficient (Wildman–Crippen LogP) is 0.465. The van der Waals surface area contributed by atoms with E-state index in [1.165, 1.54) is 19.1 Å². The number of nitrogens with zero attached hydrogens (tertiary/aromatic N) is 3. The Hall–Kier alpha value is -3.10. The first kappa shape index (κ1) is 16.7. The number of carbonyl (C=O) groups is 4. The van der Waals surface area contributed by atoms with Crippen LogP contribution in [0.2, 0.25) is 0 Å². The fraction of sp³-hybridized carbons (Fsp3) is 0.312. The van der Waals surface area contributed by atoms with Gasteiger partial charge in [-0.1, -0.05) is 0 Å². The summed E-state index contributed by atoms with van der Waals surface area (Å²) in [5, 5.41) is 4.65. The number of hydrogen-bond acceptors (Lipinski definition) is 6. The van der Waals surface area contributed by atoms with Crippen molar-refractivity contribution in [3.63, 3.8) is 0 Å². The molecular formula is C16H14FN3O5. The Labute approximate surface area is 141 Å². The topological polar surface area (TPSA) is 96.3 Å². The molecule has 3 rings (SSSR count). The molecule has 2 aliphatic heterocycles. The highest BCUT2D eigenvalue weighted by molar-refractivity contribution is 6.47. The summed E-state index contributed by atoms with van der Waals surface area (Å²) in [6, 6.07) is 3.51. The molecule has 1 aromatic rings. The van der Waals surface area contributed by atoms with Gasteiger partial charge in [0.1, 0.15) is 11.7 Å². The van der Waals surface area contributed by atoms with Crippen LogP contribution in [-0.4, -0.2) is 47.1 Å². The molecule has 25 heavy (non-hydrogen) atoms. The summed E-state index contributed by atoms with van der Waals surface area (Å²) in [4.78, 5) is 50.2.